The fourth-order valence-corrected chi connectivity index (χ4v) is 6.58. The summed E-state index contributed by atoms with van der Waals surface area (Å²) >= 11 is 12.3. The lowest BCUT2D eigenvalue weighted by molar-refractivity contribution is -0.122. The zero-order valence-electron chi connectivity index (χ0n) is 14.8. The molecule has 0 radical (unpaired) electrons. The van der Waals surface area contributed by atoms with Gasteiger partial charge in [-0.2, -0.15) is 0 Å². The van der Waals surface area contributed by atoms with E-state index in [9.17, 15) is 0 Å². The second-order valence-corrected chi connectivity index (χ2v) is 9.75. The SMILES string of the molecule is N[C@@H]1CC=CC[C@H]1c1sc2c(NCc3cccs3)cc(Cl)nc2c1I.O=CO. The van der Waals surface area contributed by atoms with Crippen molar-refractivity contribution in [2.45, 2.75) is 31.3 Å². The fourth-order valence-electron chi connectivity index (χ4n) is 3.13. The van der Waals surface area contributed by atoms with E-state index in [-0.39, 0.29) is 12.5 Å². The standard InChI is InChI=1S/C18H17ClIN3S2.CH2O2/c19-14-8-13(22-9-10-4-3-7-24-10)18-16(23-14)15(20)17(25-18)11-5-1-2-6-12(11)21;2-1-3/h1-4,7-8,11-12H,5-6,9,21H2,(H,22,23);1H,(H,2,3)/t11-,12-;/m1./s1. The molecule has 0 bridgehead atoms. The molecule has 4 N–H and O–H groups in total. The lowest BCUT2D eigenvalue weighted by Gasteiger charge is -2.24. The molecule has 0 saturated heterocycles. The average molecular weight is 548 g/mol. The summed E-state index contributed by atoms with van der Waals surface area (Å²) in [7, 11) is 0. The van der Waals surface area contributed by atoms with Crippen LogP contribution in [0.25, 0.3) is 10.2 Å². The van der Waals surface area contributed by atoms with Crippen LogP contribution in [-0.2, 0) is 11.3 Å². The molecule has 3 aromatic heterocycles. The number of hydrogen-bond donors (Lipinski definition) is 3. The van der Waals surface area contributed by atoms with E-state index in [1.807, 2.05) is 6.07 Å². The molecule has 28 heavy (non-hydrogen) atoms. The van der Waals surface area contributed by atoms with Crippen LogP contribution in [0.15, 0.2) is 35.7 Å². The molecule has 148 valence electrons. The number of thiophene rings is 2. The summed E-state index contributed by atoms with van der Waals surface area (Å²) in [5, 5.41) is 13.0. The highest BCUT2D eigenvalue weighted by atomic mass is 127. The van der Waals surface area contributed by atoms with Gasteiger partial charge in [-0.25, -0.2) is 4.98 Å². The van der Waals surface area contributed by atoms with E-state index in [4.69, 9.17) is 27.2 Å². The number of nitrogens with zero attached hydrogens (tertiary/aromatic N) is 1. The van der Waals surface area contributed by atoms with Gasteiger partial charge in [0.15, 0.2) is 0 Å². The maximum atomic E-state index is 8.36. The number of aromatic nitrogens is 1. The molecule has 0 unspecified atom stereocenters. The van der Waals surface area contributed by atoms with E-state index in [0.717, 1.165) is 30.6 Å². The Labute approximate surface area is 189 Å². The molecule has 3 heterocycles. The number of allylic oxidation sites excluding steroid dienone is 1. The van der Waals surface area contributed by atoms with Crippen molar-refractivity contribution in [3.8, 4) is 0 Å². The summed E-state index contributed by atoms with van der Waals surface area (Å²) in [6, 6.07) is 6.30. The molecule has 4 rings (SSSR count). The third-order valence-corrected chi connectivity index (χ3v) is 8.30. The zero-order chi connectivity index (χ0) is 20.1. The van der Waals surface area contributed by atoms with Crippen molar-refractivity contribution in [1.29, 1.82) is 0 Å². The molecule has 0 amide bonds. The van der Waals surface area contributed by atoms with Gasteiger partial charge < -0.3 is 16.2 Å². The number of halogens is 2. The number of pyridine rings is 1. The Morgan fingerprint density at radius 2 is 2.18 bits per heavy atom. The molecular weight excluding hydrogens is 529 g/mol. The maximum Gasteiger partial charge on any atom is 0.290 e. The molecule has 9 heteroatoms. The lowest BCUT2D eigenvalue weighted by atomic mass is 9.88. The largest absolute Gasteiger partial charge is 0.483 e. The molecule has 1 aliphatic carbocycles. The van der Waals surface area contributed by atoms with Crippen molar-refractivity contribution >= 4 is 79.2 Å². The Bertz CT molecular complexity index is 975. The molecule has 0 spiro atoms. The Morgan fingerprint density at radius 3 is 2.86 bits per heavy atom. The van der Waals surface area contributed by atoms with E-state index >= 15 is 0 Å². The van der Waals surface area contributed by atoms with Gasteiger partial charge >= 0.3 is 0 Å². The second-order valence-electron chi connectivity index (χ2n) is 6.20. The van der Waals surface area contributed by atoms with Gasteiger partial charge in [-0.3, -0.25) is 4.79 Å². The van der Waals surface area contributed by atoms with Crippen LogP contribution in [0.4, 0.5) is 5.69 Å². The van der Waals surface area contributed by atoms with E-state index < -0.39 is 0 Å². The van der Waals surface area contributed by atoms with Gasteiger partial charge in [-0.1, -0.05) is 29.8 Å². The Kier molecular flexibility index (Phi) is 7.69. The molecule has 5 nitrogen and oxygen atoms in total. The summed E-state index contributed by atoms with van der Waals surface area (Å²) in [5.41, 5.74) is 8.43. The van der Waals surface area contributed by atoms with Crippen molar-refractivity contribution in [3.63, 3.8) is 0 Å². The van der Waals surface area contributed by atoms with Gasteiger partial charge in [-0.05, 0) is 46.9 Å². The van der Waals surface area contributed by atoms with Gasteiger partial charge in [0.25, 0.3) is 6.47 Å². The quantitative estimate of drug-likeness (QED) is 0.169. The zero-order valence-corrected chi connectivity index (χ0v) is 19.3. The highest BCUT2D eigenvalue weighted by Gasteiger charge is 2.27. The van der Waals surface area contributed by atoms with Crippen LogP contribution in [0, 0.1) is 3.57 Å². The topological polar surface area (TPSA) is 88.2 Å². The average Bonchev–Trinajstić information content (AvgIpc) is 3.30. The van der Waals surface area contributed by atoms with Crippen LogP contribution in [-0.4, -0.2) is 22.6 Å². The van der Waals surface area contributed by atoms with Crippen LogP contribution in [0.5, 0.6) is 0 Å². The molecule has 3 aromatic rings. The number of rotatable bonds is 4. The first-order valence-electron chi connectivity index (χ1n) is 8.58. The first-order chi connectivity index (χ1) is 13.5. The van der Waals surface area contributed by atoms with Gasteiger partial charge in [-0.15, -0.1) is 22.7 Å². The minimum absolute atomic E-state index is 0.171. The highest BCUT2D eigenvalue weighted by Crippen LogP contribution is 2.43. The van der Waals surface area contributed by atoms with Crippen molar-refractivity contribution < 1.29 is 9.90 Å². The van der Waals surface area contributed by atoms with Crippen LogP contribution in [0.1, 0.15) is 28.5 Å². The molecule has 0 aliphatic heterocycles. The van der Waals surface area contributed by atoms with Crippen LogP contribution in [0.3, 0.4) is 0 Å². The lowest BCUT2D eigenvalue weighted by Crippen LogP contribution is -2.29. The van der Waals surface area contributed by atoms with Crippen molar-refractivity contribution in [2.75, 3.05) is 5.32 Å². The third kappa shape index (κ3) is 4.85. The summed E-state index contributed by atoms with van der Waals surface area (Å²) < 4.78 is 2.36. The van der Waals surface area contributed by atoms with Crippen molar-refractivity contribution in [1.82, 2.24) is 4.98 Å². The second kappa shape index (κ2) is 10.0. The molecule has 0 saturated carbocycles. The highest BCUT2D eigenvalue weighted by molar-refractivity contribution is 14.1. The minimum atomic E-state index is -0.250. The smallest absolute Gasteiger partial charge is 0.290 e. The molecule has 0 aromatic carbocycles. The number of carbonyl (C=O) groups is 1. The predicted molar refractivity (Wildman–Crippen MR) is 127 cm³/mol. The van der Waals surface area contributed by atoms with E-state index in [1.54, 1.807) is 22.7 Å². The number of carboxylic acid groups (broad SMARTS) is 1. The summed E-state index contributed by atoms with van der Waals surface area (Å²) in [6.07, 6.45) is 6.36. The monoisotopic (exact) mass is 547 g/mol. The normalized spacial score (nSPS) is 18.5. The number of nitrogens with one attached hydrogen (secondary N) is 1. The van der Waals surface area contributed by atoms with Crippen LogP contribution in [0.2, 0.25) is 5.15 Å². The maximum absolute atomic E-state index is 8.36. The number of fused-ring (bicyclic) bond motifs is 1. The first kappa shape index (κ1) is 21.5. The van der Waals surface area contributed by atoms with E-state index in [2.05, 4.69) is 62.6 Å². The van der Waals surface area contributed by atoms with Crippen molar-refractivity contribution in [3.05, 3.63) is 54.2 Å². The third-order valence-electron chi connectivity index (χ3n) is 4.43. The van der Waals surface area contributed by atoms with Gasteiger partial charge in [0.05, 0.1) is 19.5 Å². The number of nitrogens with two attached hydrogens (primary N) is 1. The predicted octanol–water partition coefficient (Wildman–Crippen LogP) is 5.69. The Balaban J connectivity index is 0.000000706. The summed E-state index contributed by atoms with van der Waals surface area (Å²) in [5.74, 6) is 0.361. The fraction of sp³-hybridized carbons (Fsp3) is 0.263. The van der Waals surface area contributed by atoms with E-state index in [1.165, 1.54) is 18.0 Å². The molecular formula is C19H19ClIN3O2S2. The molecule has 1 aliphatic rings. The van der Waals surface area contributed by atoms with Crippen LogP contribution < -0.4 is 11.1 Å². The van der Waals surface area contributed by atoms with Gasteiger partial charge in [0.2, 0.25) is 0 Å². The van der Waals surface area contributed by atoms with Gasteiger partial charge in [0.1, 0.15) is 5.15 Å². The first-order valence-corrected chi connectivity index (χ1v) is 11.7. The number of anilines is 1. The molecule has 0 fully saturated rings. The minimum Gasteiger partial charge on any atom is -0.483 e. The summed E-state index contributed by atoms with van der Waals surface area (Å²) in [6.45, 7) is 0.544. The van der Waals surface area contributed by atoms with E-state index in [0.29, 0.717) is 11.1 Å². The number of hydrogen-bond acceptors (Lipinski definition) is 6. The Hall–Kier alpha value is -1.20. The Morgan fingerprint density at radius 1 is 1.43 bits per heavy atom. The van der Waals surface area contributed by atoms with Crippen molar-refractivity contribution in [2.24, 2.45) is 5.73 Å². The summed E-state index contributed by atoms with van der Waals surface area (Å²) in [4.78, 5) is 15.6. The molecule has 2 atom stereocenters. The van der Waals surface area contributed by atoms with Gasteiger partial charge in [0, 0.05) is 34.3 Å². The van der Waals surface area contributed by atoms with Crippen LogP contribution >= 0.6 is 56.9 Å².